The number of aliphatic imine (C=N–C) groups is 1. The SMILES string of the molecule is COC(=O)c1cccc(N=Cc2cc([N+](=O)[O-])cc(Br)c2O)c1. The third-order valence-electron chi connectivity index (χ3n) is 2.91. The molecule has 0 aliphatic carbocycles. The zero-order chi connectivity index (χ0) is 17.0. The highest BCUT2D eigenvalue weighted by Crippen LogP contribution is 2.32. The van der Waals surface area contributed by atoms with Crippen LogP contribution in [-0.2, 0) is 4.74 Å². The summed E-state index contributed by atoms with van der Waals surface area (Å²) in [7, 11) is 1.27. The molecule has 0 fully saturated rings. The molecule has 0 amide bonds. The third-order valence-corrected chi connectivity index (χ3v) is 3.51. The average Bonchev–Trinajstić information content (AvgIpc) is 2.55. The highest BCUT2D eigenvalue weighted by atomic mass is 79.9. The number of phenols is 1. The second kappa shape index (κ2) is 7.01. The number of esters is 1. The van der Waals surface area contributed by atoms with Gasteiger partial charge in [-0.1, -0.05) is 6.07 Å². The molecule has 2 aromatic carbocycles. The Hall–Kier alpha value is -2.74. The van der Waals surface area contributed by atoms with Gasteiger partial charge in [0.1, 0.15) is 5.75 Å². The monoisotopic (exact) mass is 378 g/mol. The molecular weight excluding hydrogens is 368 g/mol. The quantitative estimate of drug-likeness (QED) is 0.379. The zero-order valence-corrected chi connectivity index (χ0v) is 13.5. The lowest BCUT2D eigenvalue weighted by atomic mass is 10.2. The van der Waals surface area contributed by atoms with Crippen molar-refractivity contribution in [3.63, 3.8) is 0 Å². The van der Waals surface area contributed by atoms with E-state index in [2.05, 4.69) is 25.7 Å². The van der Waals surface area contributed by atoms with E-state index in [9.17, 15) is 20.0 Å². The fourth-order valence-electron chi connectivity index (χ4n) is 1.78. The number of methoxy groups -OCH3 is 1. The summed E-state index contributed by atoms with van der Waals surface area (Å²) in [6.45, 7) is 0. The number of nitro groups is 1. The molecule has 0 aliphatic heterocycles. The van der Waals surface area contributed by atoms with Crippen LogP contribution in [0.3, 0.4) is 0 Å². The van der Waals surface area contributed by atoms with Crippen molar-refractivity contribution in [1.82, 2.24) is 0 Å². The fraction of sp³-hybridized carbons (Fsp3) is 0.0667. The first-order valence-electron chi connectivity index (χ1n) is 6.31. The van der Waals surface area contributed by atoms with E-state index >= 15 is 0 Å². The van der Waals surface area contributed by atoms with Gasteiger partial charge in [-0.2, -0.15) is 0 Å². The number of hydrogen-bond acceptors (Lipinski definition) is 6. The summed E-state index contributed by atoms with van der Waals surface area (Å²) in [5.41, 5.74) is 0.760. The largest absolute Gasteiger partial charge is 0.506 e. The number of ether oxygens (including phenoxy) is 1. The van der Waals surface area contributed by atoms with E-state index in [0.717, 1.165) is 0 Å². The number of non-ortho nitro benzene ring substituents is 1. The Morgan fingerprint density at radius 3 is 2.78 bits per heavy atom. The zero-order valence-electron chi connectivity index (χ0n) is 11.9. The Balaban J connectivity index is 2.37. The Kier molecular flexibility index (Phi) is 5.07. The van der Waals surface area contributed by atoms with Gasteiger partial charge < -0.3 is 9.84 Å². The van der Waals surface area contributed by atoms with E-state index in [-0.39, 0.29) is 21.5 Å². The summed E-state index contributed by atoms with van der Waals surface area (Å²) < 4.78 is 4.81. The molecule has 0 radical (unpaired) electrons. The smallest absolute Gasteiger partial charge is 0.337 e. The molecule has 0 bridgehead atoms. The van der Waals surface area contributed by atoms with Gasteiger partial charge in [0.25, 0.3) is 5.69 Å². The number of rotatable bonds is 4. The highest BCUT2D eigenvalue weighted by Gasteiger charge is 2.13. The molecule has 118 valence electrons. The normalized spacial score (nSPS) is 10.7. The van der Waals surface area contributed by atoms with Crippen LogP contribution in [0, 0.1) is 10.1 Å². The molecule has 1 N–H and O–H groups in total. The van der Waals surface area contributed by atoms with E-state index in [1.165, 1.54) is 31.5 Å². The fourth-order valence-corrected chi connectivity index (χ4v) is 2.25. The van der Waals surface area contributed by atoms with E-state index in [0.29, 0.717) is 11.3 Å². The van der Waals surface area contributed by atoms with Crippen molar-refractivity contribution >= 4 is 39.5 Å². The minimum atomic E-state index is -0.570. The summed E-state index contributed by atoms with van der Waals surface area (Å²) in [4.78, 5) is 25.9. The Morgan fingerprint density at radius 2 is 2.13 bits per heavy atom. The molecule has 23 heavy (non-hydrogen) atoms. The van der Waals surface area contributed by atoms with E-state index in [1.54, 1.807) is 18.2 Å². The molecular formula is C15H11BrN2O5. The van der Waals surface area contributed by atoms with Crippen molar-refractivity contribution in [2.45, 2.75) is 0 Å². The second-order valence-electron chi connectivity index (χ2n) is 4.42. The standard InChI is InChI=1S/C15H11BrN2O5/c1-23-15(20)9-3-2-4-11(5-9)17-8-10-6-12(18(21)22)7-13(16)14(10)19/h2-8,19H,1H3. The van der Waals surface area contributed by atoms with Crippen molar-refractivity contribution in [3.05, 3.63) is 62.1 Å². The van der Waals surface area contributed by atoms with Crippen LogP contribution in [0.2, 0.25) is 0 Å². The third kappa shape index (κ3) is 3.92. The maximum Gasteiger partial charge on any atom is 0.337 e. The summed E-state index contributed by atoms with van der Waals surface area (Å²) in [5, 5.41) is 20.8. The van der Waals surface area contributed by atoms with Crippen molar-refractivity contribution in [1.29, 1.82) is 0 Å². The number of phenolic OH excluding ortho intramolecular Hbond substituents is 1. The number of aromatic hydroxyl groups is 1. The van der Waals surface area contributed by atoms with Gasteiger partial charge in [0.15, 0.2) is 0 Å². The molecule has 0 aromatic heterocycles. The minimum absolute atomic E-state index is 0.163. The van der Waals surface area contributed by atoms with Crippen molar-refractivity contribution in [2.24, 2.45) is 4.99 Å². The van der Waals surface area contributed by atoms with Gasteiger partial charge in [-0.25, -0.2) is 4.79 Å². The summed E-state index contributed by atoms with van der Waals surface area (Å²) in [6.07, 6.45) is 1.28. The molecule has 8 heteroatoms. The Labute approximate surface area is 139 Å². The van der Waals surface area contributed by atoms with Crippen LogP contribution in [-0.4, -0.2) is 29.3 Å². The van der Waals surface area contributed by atoms with Gasteiger partial charge in [-0.05, 0) is 34.1 Å². The molecule has 0 heterocycles. The lowest BCUT2D eigenvalue weighted by molar-refractivity contribution is -0.385. The molecule has 7 nitrogen and oxygen atoms in total. The number of hydrogen-bond donors (Lipinski definition) is 1. The van der Waals surface area contributed by atoms with E-state index in [1.807, 2.05) is 0 Å². The summed E-state index contributed by atoms with van der Waals surface area (Å²) >= 11 is 3.05. The lowest BCUT2D eigenvalue weighted by Crippen LogP contribution is -2.00. The molecule has 0 saturated heterocycles. The predicted molar refractivity (Wildman–Crippen MR) is 87.5 cm³/mol. The summed E-state index contributed by atoms with van der Waals surface area (Å²) in [5.74, 6) is -0.661. The first kappa shape index (κ1) is 16.6. The van der Waals surface area contributed by atoms with Gasteiger partial charge in [0.2, 0.25) is 0 Å². The predicted octanol–water partition coefficient (Wildman–Crippen LogP) is 3.60. The molecule has 0 spiro atoms. The highest BCUT2D eigenvalue weighted by molar-refractivity contribution is 9.10. The lowest BCUT2D eigenvalue weighted by Gasteiger charge is -2.03. The van der Waals surface area contributed by atoms with Crippen LogP contribution in [0.25, 0.3) is 0 Å². The number of benzene rings is 2. The first-order chi connectivity index (χ1) is 10.9. The maximum atomic E-state index is 11.5. The van der Waals surface area contributed by atoms with Crippen molar-refractivity contribution < 1.29 is 19.6 Å². The van der Waals surface area contributed by atoms with Gasteiger partial charge in [-0.3, -0.25) is 15.1 Å². The van der Waals surface area contributed by atoms with E-state index in [4.69, 9.17) is 0 Å². The van der Waals surface area contributed by atoms with Crippen molar-refractivity contribution in [2.75, 3.05) is 7.11 Å². The molecule has 0 unspecified atom stereocenters. The van der Waals surface area contributed by atoms with Crippen LogP contribution in [0.1, 0.15) is 15.9 Å². The van der Waals surface area contributed by atoms with Gasteiger partial charge in [-0.15, -0.1) is 0 Å². The molecule has 0 atom stereocenters. The average molecular weight is 379 g/mol. The molecule has 0 saturated carbocycles. The molecule has 2 rings (SSSR count). The summed E-state index contributed by atoms with van der Waals surface area (Å²) in [6, 6.07) is 8.75. The van der Waals surface area contributed by atoms with Crippen LogP contribution >= 0.6 is 15.9 Å². The van der Waals surface area contributed by atoms with Gasteiger partial charge in [0, 0.05) is 23.9 Å². The minimum Gasteiger partial charge on any atom is -0.506 e. The number of carbonyl (C=O) groups is 1. The first-order valence-corrected chi connectivity index (χ1v) is 7.11. The van der Waals surface area contributed by atoms with Gasteiger partial charge in [0.05, 0.1) is 27.8 Å². The second-order valence-corrected chi connectivity index (χ2v) is 5.28. The van der Waals surface area contributed by atoms with Crippen LogP contribution in [0.15, 0.2) is 45.9 Å². The number of nitrogens with zero attached hydrogens (tertiary/aromatic N) is 2. The van der Waals surface area contributed by atoms with E-state index < -0.39 is 10.9 Å². The Morgan fingerprint density at radius 1 is 1.39 bits per heavy atom. The number of halogens is 1. The molecule has 0 aliphatic rings. The van der Waals surface area contributed by atoms with Gasteiger partial charge >= 0.3 is 5.97 Å². The maximum absolute atomic E-state index is 11.5. The van der Waals surface area contributed by atoms with Crippen molar-refractivity contribution in [3.8, 4) is 5.75 Å². The number of carbonyl (C=O) groups excluding carboxylic acids is 1. The molecule has 2 aromatic rings. The van der Waals surface area contributed by atoms with Crippen LogP contribution in [0.4, 0.5) is 11.4 Å². The Bertz CT molecular complexity index is 804. The topological polar surface area (TPSA) is 102 Å². The number of nitro benzene ring substituents is 1. The van der Waals surface area contributed by atoms with Crippen LogP contribution in [0.5, 0.6) is 5.75 Å². The van der Waals surface area contributed by atoms with Crippen LogP contribution < -0.4 is 0 Å².